The number of anilines is 1. The lowest BCUT2D eigenvalue weighted by Gasteiger charge is -2.19. The minimum atomic E-state index is -4.60. The van der Waals surface area contributed by atoms with Gasteiger partial charge in [-0.2, -0.15) is 13.2 Å². The fraction of sp³-hybridized carbons (Fsp3) is 0.417. The molecule has 1 atom stereocenters. The van der Waals surface area contributed by atoms with Crippen molar-refractivity contribution >= 4 is 31.3 Å². The van der Waals surface area contributed by atoms with E-state index in [0.29, 0.717) is 0 Å². The number of hydrogen-bond donors (Lipinski definition) is 0. The number of ether oxygens (including phenoxy) is 1. The van der Waals surface area contributed by atoms with Crippen molar-refractivity contribution in [3.63, 3.8) is 0 Å². The number of carbonyl (C=O) groups is 1. The molecule has 2 rings (SSSR count). The number of amides is 1. The lowest BCUT2D eigenvalue weighted by Crippen LogP contribution is -2.26. The van der Waals surface area contributed by atoms with Crippen molar-refractivity contribution in [2.75, 3.05) is 18.6 Å². The molecular formula is C12H11ClF3NO4S. The van der Waals surface area contributed by atoms with Crippen LogP contribution in [0, 0.1) is 0 Å². The highest BCUT2D eigenvalue weighted by Gasteiger charge is 2.39. The summed E-state index contributed by atoms with van der Waals surface area (Å²) in [5.74, 6) is -0.981. The van der Waals surface area contributed by atoms with Crippen LogP contribution in [0.4, 0.5) is 18.9 Å². The zero-order chi connectivity index (χ0) is 16.7. The summed E-state index contributed by atoms with van der Waals surface area (Å²) in [6, 6.07) is 2.92. The third kappa shape index (κ3) is 3.30. The van der Waals surface area contributed by atoms with E-state index in [4.69, 9.17) is 15.4 Å². The predicted octanol–water partition coefficient (Wildman–Crippen LogP) is 2.39. The van der Waals surface area contributed by atoms with Crippen LogP contribution in [0.3, 0.4) is 0 Å². The van der Waals surface area contributed by atoms with Gasteiger partial charge in [0, 0.05) is 35.4 Å². The number of halogens is 4. The van der Waals surface area contributed by atoms with Gasteiger partial charge >= 0.3 is 6.18 Å². The molecule has 1 aromatic carbocycles. The predicted molar refractivity (Wildman–Crippen MR) is 73.5 cm³/mol. The van der Waals surface area contributed by atoms with Crippen LogP contribution >= 0.6 is 10.7 Å². The second kappa shape index (κ2) is 5.62. The molecule has 1 amide bonds. The number of rotatable bonds is 3. The number of alkyl halides is 3. The van der Waals surface area contributed by atoms with Crippen LogP contribution in [0.25, 0.3) is 0 Å². The number of carbonyl (C=O) groups excluding carboxylic acids is 1. The molecule has 0 saturated carbocycles. The Bertz CT molecular complexity index is 705. The molecule has 122 valence electrons. The minimum absolute atomic E-state index is 0.123. The van der Waals surface area contributed by atoms with Crippen molar-refractivity contribution < 1.29 is 31.1 Å². The third-order valence-corrected chi connectivity index (χ3v) is 5.16. The standard InChI is InChI=1S/C12H11ClF3NO4S/c1-21-10-4-7(2-3-9(10)12(14,15)16)17-6-8(5-11(17)18)22(13,19)20/h2-4,8H,5-6H2,1H3. The highest BCUT2D eigenvalue weighted by molar-refractivity contribution is 8.14. The average molecular weight is 358 g/mol. The summed E-state index contributed by atoms with van der Waals surface area (Å²) in [7, 11) is 2.37. The molecule has 1 heterocycles. The Labute approximate surface area is 129 Å². The molecule has 22 heavy (non-hydrogen) atoms. The number of methoxy groups -OCH3 is 1. The Hall–Kier alpha value is -1.48. The first-order chi connectivity index (χ1) is 10.0. The molecule has 1 aliphatic heterocycles. The number of nitrogens with zero attached hydrogens (tertiary/aromatic N) is 1. The second-order valence-corrected chi connectivity index (χ2v) is 7.60. The largest absolute Gasteiger partial charge is 0.496 e. The third-order valence-electron chi connectivity index (χ3n) is 3.29. The molecule has 1 unspecified atom stereocenters. The second-order valence-electron chi connectivity index (χ2n) is 4.69. The molecule has 0 aliphatic carbocycles. The fourth-order valence-corrected chi connectivity index (χ4v) is 3.22. The number of hydrogen-bond acceptors (Lipinski definition) is 4. The van der Waals surface area contributed by atoms with Crippen LogP contribution in [0.5, 0.6) is 5.75 Å². The Morgan fingerprint density at radius 2 is 2.00 bits per heavy atom. The van der Waals surface area contributed by atoms with Crippen LogP contribution < -0.4 is 9.64 Å². The van der Waals surface area contributed by atoms with E-state index in [-0.39, 0.29) is 18.7 Å². The first-order valence-electron chi connectivity index (χ1n) is 6.03. The van der Waals surface area contributed by atoms with Gasteiger partial charge in [0.05, 0.1) is 12.7 Å². The van der Waals surface area contributed by atoms with Crippen molar-refractivity contribution in [1.82, 2.24) is 0 Å². The smallest absolute Gasteiger partial charge is 0.419 e. The molecular weight excluding hydrogens is 347 g/mol. The summed E-state index contributed by atoms with van der Waals surface area (Å²) in [4.78, 5) is 12.9. The van der Waals surface area contributed by atoms with Gasteiger partial charge in [-0.05, 0) is 12.1 Å². The Kier molecular flexibility index (Phi) is 4.31. The van der Waals surface area contributed by atoms with Crippen LogP contribution in [-0.4, -0.2) is 33.2 Å². The van der Waals surface area contributed by atoms with Crippen molar-refractivity contribution in [2.45, 2.75) is 17.8 Å². The van der Waals surface area contributed by atoms with E-state index in [1.54, 1.807) is 0 Å². The zero-order valence-electron chi connectivity index (χ0n) is 11.2. The topological polar surface area (TPSA) is 63.7 Å². The molecule has 0 N–H and O–H groups in total. The molecule has 5 nitrogen and oxygen atoms in total. The monoisotopic (exact) mass is 357 g/mol. The lowest BCUT2D eigenvalue weighted by atomic mass is 10.1. The van der Waals surface area contributed by atoms with E-state index in [1.165, 1.54) is 0 Å². The molecule has 1 saturated heterocycles. The summed E-state index contributed by atoms with van der Waals surface area (Å²) >= 11 is 0. The van der Waals surface area contributed by atoms with Gasteiger partial charge in [-0.25, -0.2) is 8.42 Å². The summed E-state index contributed by atoms with van der Waals surface area (Å²) in [5.41, 5.74) is -0.857. The van der Waals surface area contributed by atoms with Crippen molar-refractivity contribution in [1.29, 1.82) is 0 Å². The van der Waals surface area contributed by atoms with E-state index < -0.39 is 37.7 Å². The van der Waals surface area contributed by atoms with Crippen molar-refractivity contribution in [3.05, 3.63) is 23.8 Å². The van der Waals surface area contributed by atoms with Gasteiger partial charge in [0.2, 0.25) is 15.0 Å². The van der Waals surface area contributed by atoms with Gasteiger partial charge in [-0.15, -0.1) is 0 Å². The van der Waals surface area contributed by atoms with Gasteiger partial charge in [0.25, 0.3) is 0 Å². The van der Waals surface area contributed by atoms with Crippen LogP contribution in [0.2, 0.25) is 0 Å². The first-order valence-corrected chi connectivity index (χ1v) is 8.40. The fourth-order valence-electron chi connectivity index (χ4n) is 2.19. The summed E-state index contributed by atoms with van der Waals surface area (Å²) < 4.78 is 65.6. The first kappa shape index (κ1) is 16.9. The maximum absolute atomic E-state index is 12.8. The van der Waals surface area contributed by atoms with E-state index in [2.05, 4.69) is 0 Å². The van der Waals surface area contributed by atoms with Crippen molar-refractivity contribution in [3.8, 4) is 5.75 Å². The van der Waals surface area contributed by atoms with Crippen LogP contribution in [0.1, 0.15) is 12.0 Å². The molecule has 10 heteroatoms. The summed E-state index contributed by atoms with van der Waals surface area (Å²) in [6.45, 7) is -0.209. The highest BCUT2D eigenvalue weighted by atomic mass is 35.7. The maximum atomic E-state index is 12.8. The number of benzene rings is 1. The van der Waals surface area contributed by atoms with E-state index in [0.717, 1.165) is 30.2 Å². The van der Waals surface area contributed by atoms with E-state index in [9.17, 15) is 26.4 Å². The minimum Gasteiger partial charge on any atom is -0.496 e. The summed E-state index contributed by atoms with van der Waals surface area (Å²) in [5, 5.41) is -1.09. The maximum Gasteiger partial charge on any atom is 0.419 e. The molecule has 0 bridgehead atoms. The van der Waals surface area contributed by atoms with Gasteiger partial charge in [-0.1, -0.05) is 0 Å². The Morgan fingerprint density at radius 3 is 2.45 bits per heavy atom. The van der Waals surface area contributed by atoms with Gasteiger partial charge < -0.3 is 9.64 Å². The molecule has 0 radical (unpaired) electrons. The highest BCUT2D eigenvalue weighted by Crippen LogP contribution is 2.39. The molecule has 0 spiro atoms. The quantitative estimate of drug-likeness (QED) is 0.779. The molecule has 1 aromatic rings. The summed E-state index contributed by atoms with van der Waals surface area (Å²) in [6.07, 6.45) is -4.91. The van der Waals surface area contributed by atoms with Crippen LogP contribution in [0.15, 0.2) is 18.2 Å². The van der Waals surface area contributed by atoms with E-state index in [1.807, 2.05) is 0 Å². The Balaban J connectivity index is 2.37. The normalized spacial score (nSPS) is 19.6. The lowest BCUT2D eigenvalue weighted by molar-refractivity contribution is -0.138. The van der Waals surface area contributed by atoms with Crippen molar-refractivity contribution in [2.24, 2.45) is 0 Å². The van der Waals surface area contributed by atoms with Gasteiger partial charge in [0.1, 0.15) is 11.0 Å². The SMILES string of the molecule is COc1cc(N2CC(S(=O)(=O)Cl)CC2=O)ccc1C(F)(F)F. The van der Waals surface area contributed by atoms with Crippen LogP contribution in [-0.2, 0) is 20.0 Å². The molecule has 0 aromatic heterocycles. The Morgan fingerprint density at radius 1 is 1.36 bits per heavy atom. The van der Waals surface area contributed by atoms with E-state index >= 15 is 0 Å². The van der Waals surface area contributed by atoms with Gasteiger partial charge in [-0.3, -0.25) is 4.79 Å². The zero-order valence-corrected chi connectivity index (χ0v) is 12.8. The molecule has 1 aliphatic rings. The molecule has 1 fully saturated rings. The van der Waals surface area contributed by atoms with Gasteiger partial charge in [0.15, 0.2) is 0 Å². The average Bonchev–Trinajstić information content (AvgIpc) is 2.79.